The second-order valence-electron chi connectivity index (χ2n) is 10.9. The molecule has 0 heterocycles. The molecule has 0 saturated heterocycles. The number of hydrogen-bond acceptors (Lipinski definition) is 4. The number of allylic oxidation sites excluding steroid dienone is 4. The van der Waals surface area contributed by atoms with E-state index in [0.29, 0.717) is 36.0 Å². The lowest BCUT2D eigenvalue weighted by Crippen LogP contribution is -2.24. The summed E-state index contributed by atoms with van der Waals surface area (Å²) in [4.78, 5) is 0. The lowest BCUT2D eigenvalue weighted by Gasteiger charge is -2.24. The molecule has 0 amide bonds. The molecular weight excluding hydrogens is 412 g/mol. The van der Waals surface area contributed by atoms with Crippen LogP contribution in [-0.2, 0) is 6.42 Å². The van der Waals surface area contributed by atoms with Gasteiger partial charge in [0, 0.05) is 5.56 Å². The van der Waals surface area contributed by atoms with Crippen LogP contribution in [0.1, 0.15) is 108 Å². The molecule has 0 fully saturated rings. The smallest absolute Gasteiger partial charge is 0.122 e. The van der Waals surface area contributed by atoms with E-state index in [1.165, 1.54) is 11.1 Å². The molecule has 0 aliphatic rings. The molecule has 1 aromatic rings. The van der Waals surface area contributed by atoms with E-state index in [1.807, 2.05) is 34.6 Å². The van der Waals surface area contributed by atoms with Crippen molar-refractivity contribution in [2.24, 2.45) is 0 Å². The maximum Gasteiger partial charge on any atom is 0.122 e. The molecule has 33 heavy (non-hydrogen) atoms. The summed E-state index contributed by atoms with van der Waals surface area (Å²) in [5, 5.41) is 41.5. The Morgan fingerprint density at radius 3 is 1.88 bits per heavy atom. The van der Waals surface area contributed by atoms with E-state index in [9.17, 15) is 20.4 Å². The predicted molar refractivity (Wildman–Crippen MR) is 139 cm³/mol. The fourth-order valence-electron chi connectivity index (χ4n) is 4.19. The van der Waals surface area contributed by atoms with Crippen LogP contribution in [0, 0.1) is 20.8 Å². The molecule has 0 spiro atoms. The lowest BCUT2D eigenvalue weighted by molar-refractivity contribution is 0.0430. The molecule has 4 nitrogen and oxygen atoms in total. The number of phenolic OH excluding ortho intramolecular Hbond substituents is 2. The zero-order valence-corrected chi connectivity index (χ0v) is 22.3. The Bertz CT molecular complexity index is 809. The maximum absolute atomic E-state index is 10.9. The van der Waals surface area contributed by atoms with Crippen LogP contribution in [0.25, 0.3) is 0 Å². The van der Waals surface area contributed by atoms with Crippen molar-refractivity contribution in [2.45, 2.75) is 124 Å². The van der Waals surface area contributed by atoms with E-state index in [-0.39, 0.29) is 11.5 Å². The van der Waals surface area contributed by atoms with Crippen LogP contribution in [-0.4, -0.2) is 31.6 Å². The van der Waals surface area contributed by atoms with Gasteiger partial charge in [-0.05, 0) is 130 Å². The third-order valence-corrected chi connectivity index (χ3v) is 6.85. The summed E-state index contributed by atoms with van der Waals surface area (Å²) in [5.41, 5.74) is 4.14. The Morgan fingerprint density at radius 1 is 0.727 bits per heavy atom. The molecule has 0 aliphatic heterocycles. The number of aliphatic hydroxyl groups is 2. The highest BCUT2D eigenvalue weighted by Crippen LogP contribution is 2.37. The Hall–Kier alpha value is -1.78. The average Bonchev–Trinajstić information content (AvgIpc) is 2.69. The zero-order valence-electron chi connectivity index (χ0n) is 22.3. The number of benzene rings is 1. The highest BCUT2D eigenvalue weighted by molar-refractivity contribution is 5.56. The minimum absolute atomic E-state index is 0.234. The zero-order chi connectivity index (χ0) is 25.4. The van der Waals surface area contributed by atoms with E-state index in [4.69, 9.17) is 0 Å². The quantitative estimate of drug-likeness (QED) is 0.187. The van der Waals surface area contributed by atoms with Gasteiger partial charge in [0.15, 0.2) is 0 Å². The topological polar surface area (TPSA) is 80.9 Å². The third-order valence-electron chi connectivity index (χ3n) is 6.85. The summed E-state index contributed by atoms with van der Waals surface area (Å²) in [6.45, 7) is 15.3. The van der Waals surface area contributed by atoms with E-state index in [2.05, 4.69) is 26.0 Å². The van der Waals surface area contributed by atoms with Gasteiger partial charge in [-0.2, -0.15) is 0 Å². The molecule has 188 valence electrons. The van der Waals surface area contributed by atoms with Gasteiger partial charge >= 0.3 is 0 Å². The van der Waals surface area contributed by atoms with Gasteiger partial charge in [0.05, 0.1) is 11.2 Å². The Balaban J connectivity index is 2.50. The molecule has 4 heteroatoms. The second-order valence-corrected chi connectivity index (χ2v) is 10.9. The molecule has 0 aromatic heterocycles. The maximum atomic E-state index is 10.9. The van der Waals surface area contributed by atoms with Crippen molar-refractivity contribution >= 4 is 0 Å². The first kappa shape index (κ1) is 29.3. The van der Waals surface area contributed by atoms with E-state index < -0.39 is 11.2 Å². The van der Waals surface area contributed by atoms with Crippen molar-refractivity contribution in [1.29, 1.82) is 0 Å². The fraction of sp³-hybridized carbons (Fsp3) is 0.655. The van der Waals surface area contributed by atoms with Gasteiger partial charge < -0.3 is 20.4 Å². The summed E-state index contributed by atoms with van der Waals surface area (Å²) >= 11 is 0. The molecule has 1 rings (SSSR count). The molecule has 1 atom stereocenters. The van der Waals surface area contributed by atoms with Gasteiger partial charge in [0.2, 0.25) is 0 Å². The number of aromatic hydroxyl groups is 2. The van der Waals surface area contributed by atoms with Crippen molar-refractivity contribution in [1.82, 2.24) is 0 Å². The molecule has 0 bridgehead atoms. The minimum Gasteiger partial charge on any atom is -0.507 e. The van der Waals surface area contributed by atoms with Gasteiger partial charge in [-0.25, -0.2) is 0 Å². The Kier molecular flexibility index (Phi) is 11.2. The van der Waals surface area contributed by atoms with Crippen LogP contribution in [0.15, 0.2) is 23.3 Å². The molecule has 1 aromatic carbocycles. The average molecular weight is 461 g/mol. The van der Waals surface area contributed by atoms with Crippen molar-refractivity contribution in [3.05, 3.63) is 45.6 Å². The summed E-state index contributed by atoms with van der Waals surface area (Å²) in [5.74, 6) is 0.470. The second kappa shape index (κ2) is 12.6. The van der Waals surface area contributed by atoms with Crippen LogP contribution in [0.2, 0.25) is 0 Å². The highest BCUT2D eigenvalue weighted by atomic mass is 16.3. The molecule has 0 saturated carbocycles. The normalized spacial score (nSPS) is 15.1. The Morgan fingerprint density at radius 2 is 1.27 bits per heavy atom. The van der Waals surface area contributed by atoms with Crippen LogP contribution in [0.4, 0.5) is 0 Å². The molecule has 0 radical (unpaired) electrons. The van der Waals surface area contributed by atoms with E-state index in [0.717, 1.165) is 44.1 Å². The molecule has 4 N–H and O–H groups in total. The minimum atomic E-state index is -0.832. The van der Waals surface area contributed by atoms with Crippen LogP contribution >= 0.6 is 0 Å². The molecular formula is C29H48O4. The summed E-state index contributed by atoms with van der Waals surface area (Å²) in [6, 6.07) is 0. The Labute approximate surface area is 202 Å². The largest absolute Gasteiger partial charge is 0.507 e. The van der Waals surface area contributed by atoms with Gasteiger partial charge in [-0.1, -0.05) is 23.3 Å². The third kappa shape index (κ3) is 10.4. The van der Waals surface area contributed by atoms with Crippen LogP contribution in [0.5, 0.6) is 11.5 Å². The summed E-state index contributed by atoms with van der Waals surface area (Å²) < 4.78 is 0. The van der Waals surface area contributed by atoms with Gasteiger partial charge in [0.25, 0.3) is 0 Å². The predicted octanol–water partition coefficient (Wildman–Crippen LogP) is 7.10. The fourth-order valence-corrected chi connectivity index (χ4v) is 4.19. The first-order valence-corrected chi connectivity index (χ1v) is 12.4. The first-order valence-electron chi connectivity index (χ1n) is 12.4. The van der Waals surface area contributed by atoms with Crippen molar-refractivity contribution in [3.63, 3.8) is 0 Å². The molecule has 0 aliphatic carbocycles. The number of hydrogen-bond donors (Lipinski definition) is 4. The molecule has 1 unspecified atom stereocenters. The van der Waals surface area contributed by atoms with E-state index in [1.54, 1.807) is 6.92 Å². The van der Waals surface area contributed by atoms with Gasteiger partial charge in [0.1, 0.15) is 11.5 Å². The van der Waals surface area contributed by atoms with Crippen molar-refractivity contribution < 1.29 is 20.4 Å². The summed E-state index contributed by atoms with van der Waals surface area (Å²) in [7, 11) is 0. The first-order chi connectivity index (χ1) is 15.1. The SMILES string of the molecule is CC(=CCCC(C)(O)CCc1c(C)c(O)c(C)c(C)c1O)CCC=C(C)CCCC(C)(C)O. The standard InChI is InChI=1S/C29H48O4/c1-20(14-10-17-28(6,7)32)12-9-13-21(2)15-11-18-29(8,33)19-16-25-24(5)26(30)22(3)23(4)27(25)31/h12,15,30-33H,9-11,13-14,16-19H2,1-8H3. The summed E-state index contributed by atoms with van der Waals surface area (Å²) in [6.07, 6.45) is 11.9. The highest BCUT2D eigenvalue weighted by Gasteiger charge is 2.23. The van der Waals surface area contributed by atoms with E-state index >= 15 is 0 Å². The number of phenols is 2. The van der Waals surface area contributed by atoms with Crippen LogP contribution in [0.3, 0.4) is 0 Å². The van der Waals surface area contributed by atoms with Crippen LogP contribution < -0.4 is 0 Å². The van der Waals surface area contributed by atoms with Gasteiger partial charge in [-0.3, -0.25) is 0 Å². The van der Waals surface area contributed by atoms with Crippen molar-refractivity contribution in [2.75, 3.05) is 0 Å². The number of rotatable bonds is 13. The van der Waals surface area contributed by atoms with Crippen molar-refractivity contribution in [3.8, 4) is 11.5 Å². The monoisotopic (exact) mass is 460 g/mol. The lowest BCUT2D eigenvalue weighted by atomic mass is 9.88. The van der Waals surface area contributed by atoms with Gasteiger partial charge in [-0.15, -0.1) is 0 Å².